The molecule has 1 fully saturated rings. The van der Waals surface area contributed by atoms with Crippen LogP contribution in [0.4, 0.5) is 0 Å². The fourth-order valence-electron chi connectivity index (χ4n) is 2.26. The van der Waals surface area contributed by atoms with E-state index in [4.69, 9.17) is 5.26 Å². The minimum Gasteiger partial charge on any atom is -0.394 e. The number of hydrogen-bond acceptors (Lipinski definition) is 3. The summed E-state index contributed by atoms with van der Waals surface area (Å²) in [5.74, 6) is 0.758. The normalized spacial score (nSPS) is 33.3. The molecule has 0 aromatic carbocycles. The van der Waals surface area contributed by atoms with E-state index in [1.54, 1.807) is 0 Å². The Morgan fingerprint density at radius 1 is 1.53 bits per heavy atom. The van der Waals surface area contributed by atoms with Crippen LogP contribution in [0.25, 0.3) is 0 Å². The fraction of sp³-hybridized carbons (Fsp3) is 0.917. The van der Waals surface area contributed by atoms with Crippen molar-refractivity contribution in [1.82, 2.24) is 5.32 Å². The molecular weight excluding hydrogens is 188 g/mol. The Morgan fingerprint density at radius 3 is 2.53 bits per heavy atom. The van der Waals surface area contributed by atoms with Crippen molar-refractivity contribution in [2.75, 3.05) is 6.61 Å². The number of hydrogen-bond donors (Lipinski definition) is 2. The maximum absolute atomic E-state index is 9.50. The van der Waals surface area contributed by atoms with E-state index in [0.717, 1.165) is 38.0 Å². The van der Waals surface area contributed by atoms with Crippen LogP contribution in [0.5, 0.6) is 0 Å². The molecule has 86 valence electrons. The van der Waals surface area contributed by atoms with E-state index in [9.17, 15) is 5.11 Å². The Balaban J connectivity index is 2.57. The van der Waals surface area contributed by atoms with Gasteiger partial charge in [0.1, 0.15) is 0 Å². The average molecular weight is 210 g/mol. The second kappa shape index (κ2) is 5.48. The molecule has 1 unspecified atom stereocenters. The van der Waals surface area contributed by atoms with Gasteiger partial charge in [0, 0.05) is 5.54 Å². The van der Waals surface area contributed by atoms with E-state index in [2.05, 4.69) is 18.3 Å². The first-order valence-corrected chi connectivity index (χ1v) is 5.94. The second-order valence-corrected chi connectivity index (χ2v) is 4.86. The maximum atomic E-state index is 9.50. The van der Waals surface area contributed by atoms with Crippen LogP contribution in [0.3, 0.4) is 0 Å². The van der Waals surface area contributed by atoms with Crippen molar-refractivity contribution in [3.8, 4) is 6.07 Å². The number of nitriles is 1. The Labute approximate surface area is 92.5 Å². The largest absolute Gasteiger partial charge is 0.394 e. The van der Waals surface area contributed by atoms with Crippen molar-refractivity contribution in [3.63, 3.8) is 0 Å². The van der Waals surface area contributed by atoms with Crippen LogP contribution >= 0.6 is 0 Å². The lowest BCUT2D eigenvalue weighted by atomic mass is 9.77. The molecule has 0 radical (unpaired) electrons. The van der Waals surface area contributed by atoms with Gasteiger partial charge in [-0.2, -0.15) is 5.26 Å². The molecule has 0 bridgehead atoms. The Hall–Kier alpha value is -0.590. The van der Waals surface area contributed by atoms with Crippen molar-refractivity contribution < 1.29 is 5.11 Å². The number of aliphatic hydroxyl groups is 1. The molecule has 1 aliphatic rings. The summed E-state index contributed by atoms with van der Waals surface area (Å²) < 4.78 is 0. The zero-order valence-corrected chi connectivity index (χ0v) is 9.79. The van der Waals surface area contributed by atoms with Crippen molar-refractivity contribution in [3.05, 3.63) is 0 Å². The van der Waals surface area contributed by atoms with Gasteiger partial charge in [-0.25, -0.2) is 0 Å². The molecule has 0 heterocycles. The highest BCUT2D eigenvalue weighted by molar-refractivity contribution is 4.99. The highest BCUT2D eigenvalue weighted by Crippen LogP contribution is 2.32. The second-order valence-electron chi connectivity index (χ2n) is 4.86. The van der Waals surface area contributed by atoms with Crippen LogP contribution in [0.1, 0.15) is 46.0 Å². The monoisotopic (exact) mass is 210 g/mol. The summed E-state index contributed by atoms with van der Waals surface area (Å²) in [6.07, 6.45) is 5.07. The van der Waals surface area contributed by atoms with Crippen LogP contribution in [-0.2, 0) is 0 Å². The topological polar surface area (TPSA) is 56.0 Å². The summed E-state index contributed by atoms with van der Waals surface area (Å²) in [6, 6.07) is 2.13. The molecule has 1 atom stereocenters. The van der Waals surface area contributed by atoms with Gasteiger partial charge in [-0.1, -0.05) is 13.8 Å². The minimum absolute atomic E-state index is 0.120. The smallest absolute Gasteiger partial charge is 0.0955 e. The van der Waals surface area contributed by atoms with Gasteiger partial charge in [-0.15, -0.1) is 0 Å². The third kappa shape index (κ3) is 3.19. The predicted molar refractivity (Wildman–Crippen MR) is 60.3 cm³/mol. The molecule has 0 spiro atoms. The Kier molecular flexibility index (Phi) is 4.56. The highest BCUT2D eigenvalue weighted by atomic mass is 16.3. The van der Waals surface area contributed by atoms with Gasteiger partial charge < -0.3 is 5.11 Å². The summed E-state index contributed by atoms with van der Waals surface area (Å²) in [4.78, 5) is 0. The van der Waals surface area contributed by atoms with Crippen molar-refractivity contribution in [2.45, 2.75) is 57.5 Å². The van der Waals surface area contributed by atoms with Gasteiger partial charge in [0.15, 0.2) is 0 Å². The first-order chi connectivity index (χ1) is 7.15. The van der Waals surface area contributed by atoms with Crippen LogP contribution in [-0.4, -0.2) is 23.3 Å². The van der Waals surface area contributed by atoms with Gasteiger partial charge in [0.2, 0.25) is 0 Å². The highest BCUT2D eigenvalue weighted by Gasteiger charge is 2.34. The van der Waals surface area contributed by atoms with Crippen LogP contribution in [0, 0.1) is 17.2 Å². The van der Waals surface area contributed by atoms with E-state index < -0.39 is 0 Å². The van der Waals surface area contributed by atoms with Gasteiger partial charge in [0.25, 0.3) is 0 Å². The standard InChI is InChI=1S/C12H22N2O/c1-3-11(8-13)14-12(9-15)6-4-10(2)5-7-12/h10-11,14-15H,3-7,9H2,1-2H3. The molecule has 0 aliphatic heterocycles. The first-order valence-electron chi connectivity index (χ1n) is 5.94. The van der Waals surface area contributed by atoms with Crippen molar-refractivity contribution >= 4 is 0 Å². The molecular formula is C12H22N2O. The van der Waals surface area contributed by atoms with E-state index >= 15 is 0 Å². The molecule has 2 N–H and O–H groups in total. The summed E-state index contributed by atoms with van der Waals surface area (Å²) in [5, 5.41) is 21.7. The van der Waals surface area contributed by atoms with Crippen LogP contribution < -0.4 is 5.32 Å². The van der Waals surface area contributed by atoms with Crippen LogP contribution in [0.2, 0.25) is 0 Å². The lowest BCUT2D eigenvalue weighted by molar-refractivity contribution is 0.0994. The van der Waals surface area contributed by atoms with Crippen LogP contribution in [0.15, 0.2) is 0 Å². The Bertz CT molecular complexity index is 226. The molecule has 15 heavy (non-hydrogen) atoms. The summed E-state index contributed by atoms with van der Waals surface area (Å²) >= 11 is 0. The first kappa shape index (κ1) is 12.5. The summed E-state index contributed by atoms with van der Waals surface area (Å²) in [5.41, 5.74) is -0.192. The zero-order chi connectivity index (χ0) is 11.3. The SMILES string of the molecule is CCC(C#N)NC1(CO)CCC(C)CC1. The number of aliphatic hydroxyl groups excluding tert-OH is 1. The van der Waals surface area contributed by atoms with Gasteiger partial charge in [0.05, 0.1) is 18.7 Å². The molecule has 3 heteroatoms. The number of nitrogens with zero attached hydrogens (tertiary/aromatic N) is 1. The van der Waals surface area contributed by atoms with Gasteiger partial charge in [-0.05, 0) is 38.0 Å². The average Bonchev–Trinajstić information content (AvgIpc) is 2.29. The number of rotatable bonds is 4. The minimum atomic E-state index is -0.192. The van der Waals surface area contributed by atoms with Gasteiger partial charge in [-0.3, -0.25) is 5.32 Å². The zero-order valence-electron chi connectivity index (χ0n) is 9.79. The van der Waals surface area contributed by atoms with E-state index in [-0.39, 0.29) is 18.2 Å². The van der Waals surface area contributed by atoms with Crippen molar-refractivity contribution in [2.24, 2.45) is 5.92 Å². The molecule has 0 amide bonds. The number of nitrogens with one attached hydrogen (secondary N) is 1. The molecule has 1 aliphatic carbocycles. The molecule has 0 aromatic heterocycles. The lowest BCUT2D eigenvalue weighted by Crippen LogP contribution is -2.54. The maximum Gasteiger partial charge on any atom is 0.0955 e. The molecule has 3 nitrogen and oxygen atoms in total. The lowest BCUT2D eigenvalue weighted by Gasteiger charge is -2.40. The van der Waals surface area contributed by atoms with E-state index in [1.807, 2.05) is 6.92 Å². The molecule has 0 saturated heterocycles. The quantitative estimate of drug-likeness (QED) is 0.744. The summed E-state index contributed by atoms with van der Waals surface area (Å²) in [7, 11) is 0. The van der Waals surface area contributed by atoms with Crippen molar-refractivity contribution in [1.29, 1.82) is 5.26 Å². The van der Waals surface area contributed by atoms with E-state index in [1.165, 1.54) is 0 Å². The molecule has 1 saturated carbocycles. The molecule has 0 aromatic rings. The fourth-order valence-corrected chi connectivity index (χ4v) is 2.26. The van der Waals surface area contributed by atoms with E-state index in [0.29, 0.717) is 0 Å². The third-order valence-corrected chi connectivity index (χ3v) is 3.58. The third-order valence-electron chi connectivity index (χ3n) is 3.58. The molecule has 1 rings (SSSR count). The van der Waals surface area contributed by atoms with Gasteiger partial charge >= 0.3 is 0 Å². The summed E-state index contributed by atoms with van der Waals surface area (Å²) in [6.45, 7) is 4.40. The predicted octanol–water partition coefficient (Wildman–Crippen LogP) is 1.82. The Morgan fingerprint density at radius 2 is 2.13 bits per heavy atom.